The summed E-state index contributed by atoms with van der Waals surface area (Å²) in [5.74, 6) is 9.14. The average Bonchev–Trinajstić information content (AvgIpc) is 1.59. The van der Waals surface area contributed by atoms with E-state index in [1.165, 1.54) is 0 Å². The number of carbonyl (C=O) groups excluding carboxylic acids is 1. The zero-order valence-electron chi connectivity index (χ0n) is 5.76. The molecule has 0 aromatic rings. The number of hydrogen-bond acceptors (Lipinski definition) is 5. The van der Waals surface area contributed by atoms with Crippen molar-refractivity contribution >= 4 is 16.1 Å². The highest BCUT2D eigenvalue weighted by atomic mass is 32.2. The van der Waals surface area contributed by atoms with Gasteiger partial charge in [-0.3, -0.25) is 4.55 Å². The summed E-state index contributed by atoms with van der Waals surface area (Å²) in [4.78, 5) is 9.60. The number of urea groups is 1. The first kappa shape index (κ1) is 12.7. The second kappa shape index (κ2) is 4.85. The van der Waals surface area contributed by atoms with Crippen molar-refractivity contribution in [2.45, 2.75) is 0 Å². The fourth-order valence-electron chi connectivity index (χ4n) is 0. The smallest absolute Gasteiger partial charge is 0.343 e. The van der Waals surface area contributed by atoms with E-state index in [-0.39, 0.29) is 0 Å². The van der Waals surface area contributed by atoms with Crippen molar-refractivity contribution in [3.05, 3.63) is 0 Å². The lowest BCUT2D eigenvalue weighted by Gasteiger charge is -2.00. The molecule has 0 aliphatic rings. The quantitative estimate of drug-likeness (QED) is 0.143. The van der Waals surface area contributed by atoms with E-state index in [9.17, 15) is 13.2 Å². The summed E-state index contributed by atoms with van der Waals surface area (Å²) in [7, 11) is -3.67. The predicted molar refractivity (Wildman–Crippen MR) is 37.3 cm³/mol. The van der Waals surface area contributed by atoms with Crippen LogP contribution in [0.5, 0.6) is 0 Å². The van der Waals surface area contributed by atoms with E-state index in [2.05, 4.69) is 17.4 Å². The molecule has 0 saturated carbocycles. The van der Waals surface area contributed by atoms with Crippen LogP contribution in [-0.4, -0.2) is 30.4 Å². The minimum Gasteiger partial charge on any atom is -0.349 e. The molecule has 11 heavy (non-hydrogen) atoms. The normalized spacial score (nSPS) is 9.45. The molecule has 0 aromatic heterocycles. The van der Waals surface area contributed by atoms with Gasteiger partial charge in [-0.15, -0.1) is 0 Å². The SMILES string of the molecule is CS(=O)(=O)O.NC(=O)N(N)N. The van der Waals surface area contributed by atoms with Crippen LogP contribution in [0.4, 0.5) is 4.79 Å². The molecule has 0 rings (SSSR count). The number of nitrogens with zero attached hydrogens (tertiary/aromatic N) is 1. The molecule has 0 saturated heterocycles. The molecule has 0 heterocycles. The molecule has 0 unspecified atom stereocenters. The van der Waals surface area contributed by atoms with Crippen LogP contribution in [0.3, 0.4) is 0 Å². The Hall–Kier alpha value is -0.900. The van der Waals surface area contributed by atoms with E-state index in [0.717, 1.165) is 0 Å². The standard InChI is InChI=1S/CH6N4O.CH4O3S/c2-1(6)5(3)4;1-5(2,3)4/h3-4H2,(H2,2,6);1H3,(H,2,3,4). The van der Waals surface area contributed by atoms with E-state index in [4.69, 9.17) is 4.55 Å². The largest absolute Gasteiger partial charge is 0.349 e. The van der Waals surface area contributed by atoms with Gasteiger partial charge >= 0.3 is 6.03 Å². The molecule has 0 radical (unpaired) electrons. The van der Waals surface area contributed by atoms with Crippen molar-refractivity contribution < 1.29 is 17.8 Å². The van der Waals surface area contributed by atoms with Gasteiger partial charge < -0.3 is 5.73 Å². The lowest BCUT2D eigenvalue weighted by Crippen LogP contribution is -2.46. The van der Waals surface area contributed by atoms with Crippen molar-refractivity contribution in [1.82, 2.24) is 5.12 Å². The Morgan fingerprint density at radius 3 is 1.55 bits per heavy atom. The number of carbonyl (C=O) groups is 1. The van der Waals surface area contributed by atoms with Crippen LogP contribution < -0.4 is 17.4 Å². The maximum atomic E-state index is 9.60. The highest BCUT2D eigenvalue weighted by Crippen LogP contribution is 1.60. The third-order valence-corrected chi connectivity index (χ3v) is 0.254. The maximum Gasteiger partial charge on any atom is 0.343 e. The van der Waals surface area contributed by atoms with Gasteiger partial charge in [-0.05, 0) is 0 Å². The van der Waals surface area contributed by atoms with Gasteiger partial charge in [-0.1, -0.05) is 0 Å². The van der Waals surface area contributed by atoms with Gasteiger partial charge in [-0.25, -0.2) is 16.5 Å². The van der Waals surface area contributed by atoms with Crippen LogP contribution >= 0.6 is 0 Å². The van der Waals surface area contributed by atoms with E-state index in [1.807, 2.05) is 0 Å². The van der Waals surface area contributed by atoms with Gasteiger partial charge in [0.25, 0.3) is 10.1 Å². The summed E-state index contributed by atoms with van der Waals surface area (Å²) in [6, 6.07) is -0.852. The average molecular weight is 186 g/mol. The molecule has 0 bridgehead atoms. The first-order valence-electron chi connectivity index (χ1n) is 2.16. The summed E-state index contributed by atoms with van der Waals surface area (Å²) < 4.78 is 25.9. The van der Waals surface area contributed by atoms with E-state index >= 15 is 0 Å². The van der Waals surface area contributed by atoms with Crippen molar-refractivity contribution in [2.75, 3.05) is 6.26 Å². The number of hydrazine groups is 2. The van der Waals surface area contributed by atoms with E-state index in [1.54, 1.807) is 0 Å². The monoisotopic (exact) mass is 186 g/mol. The molecule has 7 N–H and O–H groups in total. The minimum absolute atomic E-state index is 0.306. The Kier molecular flexibility index (Phi) is 5.62. The zero-order chi connectivity index (χ0) is 9.65. The lowest BCUT2D eigenvalue weighted by molar-refractivity contribution is 0.210. The highest BCUT2D eigenvalue weighted by molar-refractivity contribution is 7.85. The minimum atomic E-state index is -3.67. The number of hydrogen-bond donors (Lipinski definition) is 4. The third-order valence-electron chi connectivity index (χ3n) is 0.254. The number of amides is 2. The summed E-state index contributed by atoms with van der Waals surface area (Å²) in [5.41, 5.74) is 4.47. The van der Waals surface area contributed by atoms with E-state index < -0.39 is 16.1 Å². The lowest BCUT2D eigenvalue weighted by atomic mass is 11.1. The molecule has 0 aliphatic carbocycles. The Labute approximate surface area is 63.6 Å². The predicted octanol–water partition coefficient (Wildman–Crippen LogP) is -2.38. The molecule has 0 fully saturated rings. The van der Waals surface area contributed by atoms with Crippen molar-refractivity contribution in [3.8, 4) is 0 Å². The Bertz CT molecular complexity index is 200. The summed E-state index contributed by atoms with van der Waals surface area (Å²) in [6.45, 7) is 0. The zero-order valence-corrected chi connectivity index (χ0v) is 6.58. The van der Waals surface area contributed by atoms with Crippen molar-refractivity contribution in [1.29, 1.82) is 0 Å². The van der Waals surface area contributed by atoms with Crippen LogP contribution in [0.15, 0.2) is 0 Å². The third kappa shape index (κ3) is 47.7. The second-order valence-corrected chi connectivity index (χ2v) is 2.94. The Morgan fingerprint density at radius 2 is 1.55 bits per heavy atom. The maximum absolute atomic E-state index is 9.60. The molecule has 0 aromatic carbocycles. The number of nitrogens with two attached hydrogens (primary N) is 3. The highest BCUT2D eigenvalue weighted by Gasteiger charge is 1.90. The molecule has 0 atom stereocenters. The van der Waals surface area contributed by atoms with Gasteiger partial charge in [0.1, 0.15) is 0 Å². The van der Waals surface area contributed by atoms with Gasteiger partial charge in [0.2, 0.25) is 0 Å². The molecular formula is C2H10N4O4S. The first-order chi connectivity index (χ1) is 4.64. The first-order valence-corrected chi connectivity index (χ1v) is 4.01. The van der Waals surface area contributed by atoms with Gasteiger partial charge in [0.15, 0.2) is 0 Å². The van der Waals surface area contributed by atoms with Crippen LogP contribution in [0.2, 0.25) is 0 Å². The summed E-state index contributed by atoms with van der Waals surface area (Å²) in [6.07, 6.45) is 0.715. The number of primary amides is 1. The second-order valence-electron chi connectivity index (χ2n) is 1.48. The van der Waals surface area contributed by atoms with E-state index in [0.29, 0.717) is 11.4 Å². The molecule has 8 nitrogen and oxygen atoms in total. The van der Waals surface area contributed by atoms with Crippen molar-refractivity contribution in [3.63, 3.8) is 0 Å². The molecule has 9 heteroatoms. The van der Waals surface area contributed by atoms with Gasteiger partial charge in [-0.2, -0.15) is 13.5 Å². The van der Waals surface area contributed by atoms with Gasteiger partial charge in [0.05, 0.1) is 6.26 Å². The number of rotatable bonds is 0. The van der Waals surface area contributed by atoms with Crippen LogP contribution in [0.1, 0.15) is 0 Å². The molecular weight excluding hydrogens is 176 g/mol. The fraction of sp³-hybridized carbons (Fsp3) is 0.500. The fourth-order valence-corrected chi connectivity index (χ4v) is 0. The van der Waals surface area contributed by atoms with Crippen LogP contribution in [0, 0.1) is 0 Å². The Balaban J connectivity index is 0. The molecule has 68 valence electrons. The molecule has 2 amide bonds. The Morgan fingerprint density at radius 1 is 1.45 bits per heavy atom. The summed E-state index contributed by atoms with van der Waals surface area (Å²) >= 11 is 0. The molecule has 0 spiro atoms. The van der Waals surface area contributed by atoms with Gasteiger partial charge in [0, 0.05) is 0 Å². The van der Waals surface area contributed by atoms with Crippen LogP contribution in [-0.2, 0) is 10.1 Å². The topological polar surface area (TPSA) is 153 Å². The van der Waals surface area contributed by atoms with Crippen molar-refractivity contribution in [2.24, 2.45) is 17.4 Å². The van der Waals surface area contributed by atoms with Crippen LogP contribution in [0.25, 0.3) is 0 Å². The molecule has 0 aliphatic heterocycles. The summed E-state index contributed by atoms with van der Waals surface area (Å²) in [5, 5.41) is 0.306.